The lowest BCUT2D eigenvalue weighted by molar-refractivity contribution is -0.432. The molecular weight excluding hydrogens is 222 g/mol. The summed E-state index contributed by atoms with van der Waals surface area (Å²) < 4.78 is 4.32. The Labute approximate surface area is 91.3 Å². The summed E-state index contributed by atoms with van der Waals surface area (Å²) in [5.74, 6) is 0.246. The van der Waals surface area contributed by atoms with Gasteiger partial charge in [-0.15, -0.1) is 4.33 Å². The van der Waals surface area contributed by atoms with Gasteiger partial charge in [0.05, 0.1) is 12.0 Å². The Hall–Kier alpha value is -0.830. The van der Waals surface area contributed by atoms with Crippen molar-refractivity contribution in [3.05, 3.63) is 0 Å². The van der Waals surface area contributed by atoms with Gasteiger partial charge in [-0.1, -0.05) is 5.04 Å². The van der Waals surface area contributed by atoms with Gasteiger partial charge in [-0.2, -0.15) is 4.99 Å². The number of amides is 2. The monoisotopic (exact) mass is 235 g/mol. The van der Waals surface area contributed by atoms with E-state index in [-0.39, 0.29) is 17.3 Å². The summed E-state index contributed by atoms with van der Waals surface area (Å²) in [6.07, 6.45) is 0.373. The molecule has 0 saturated carbocycles. The van der Waals surface area contributed by atoms with Crippen LogP contribution in [-0.4, -0.2) is 33.4 Å². The maximum atomic E-state index is 11.5. The molecular formula is C7H13N3O4S. The lowest BCUT2D eigenvalue weighted by atomic mass is 10.2. The Morgan fingerprint density at radius 2 is 2.40 bits per heavy atom. The fourth-order valence-electron chi connectivity index (χ4n) is 1.32. The normalized spacial score (nSPS) is 22.1. The number of carbonyl (C=O) groups is 1. The van der Waals surface area contributed by atoms with Gasteiger partial charge in [-0.05, 0) is 13.8 Å². The third-order valence-corrected chi connectivity index (χ3v) is 2.65. The molecule has 1 aliphatic heterocycles. The van der Waals surface area contributed by atoms with Crippen molar-refractivity contribution in [2.24, 2.45) is 10.7 Å². The van der Waals surface area contributed by atoms with E-state index in [9.17, 15) is 4.79 Å². The Balaban J connectivity index is 2.73. The summed E-state index contributed by atoms with van der Waals surface area (Å²) in [7, 11) is 0. The predicted octanol–water partition coefficient (Wildman–Crippen LogP) is 0.973. The summed E-state index contributed by atoms with van der Waals surface area (Å²) >= 11 is 0.813. The van der Waals surface area contributed by atoms with Crippen molar-refractivity contribution < 1.29 is 19.4 Å². The van der Waals surface area contributed by atoms with Gasteiger partial charge in [0, 0.05) is 12.5 Å². The molecule has 0 aromatic carbocycles. The summed E-state index contributed by atoms with van der Waals surface area (Å²) in [4.78, 5) is 16.7. The number of hydrogen-bond acceptors (Lipinski definition) is 6. The molecule has 0 aromatic heterocycles. The second kappa shape index (κ2) is 5.31. The molecule has 1 aliphatic rings. The van der Waals surface area contributed by atoms with E-state index in [4.69, 9.17) is 11.0 Å². The smallest absolute Gasteiger partial charge is 0.346 e. The number of nitrogens with two attached hydrogens (primary N) is 1. The number of hydrogen-bond donors (Lipinski definition) is 2. The Morgan fingerprint density at radius 3 is 2.93 bits per heavy atom. The Morgan fingerprint density at radius 1 is 1.73 bits per heavy atom. The lowest BCUT2D eigenvalue weighted by Crippen LogP contribution is -2.47. The van der Waals surface area contributed by atoms with Crippen molar-refractivity contribution in [1.82, 2.24) is 4.90 Å². The molecule has 1 unspecified atom stereocenters. The molecule has 0 aliphatic carbocycles. The Kier molecular flexibility index (Phi) is 4.33. The zero-order valence-electron chi connectivity index (χ0n) is 8.41. The minimum atomic E-state index is -0.409. The number of carbonyl (C=O) groups excluding carboxylic acids is 1. The molecule has 15 heavy (non-hydrogen) atoms. The molecule has 3 N–H and O–H groups in total. The molecule has 0 fully saturated rings. The van der Waals surface area contributed by atoms with Crippen LogP contribution in [0.25, 0.3) is 0 Å². The fraction of sp³-hybridized carbons (Fsp3) is 0.714. The molecule has 0 aromatic rings. The first-order chi connectivity index (χ1) is 7.06. The van der Waals surface area contributed by atoms with E-state index in [1.54, 1.807) is 0 Å². The number of aliphatic imine (C=N–C) groups is 1. The van der Waals surface area contributed by atoms with Crippen molar-refractivity contribution >= 4 is 23.9 Å². The zero-order chi connectivity index (χ0) is 11.4. The van der Waals surface area contributed by atoms with Crippen LogP contribution in [0, 0.1) is 0 Å². The van der Waals surface area contributed by atoms with E-state index in [0.717, 1.165) is 12.0 Å². The van der Waals surface area contributed by atoms with Gasteiger partial charge >= 0.3 is 6.03 Å². The summed E-state index contributed by atoms with van der Waals surface area (Å²) in [5, 5.41) is 11.2. The third-order valence-electron chi connectivity index (χ3n) is 1.89. The van der Waals surface area contributed by atoms with E-state index in [0.29, 0.717) is 6.42 Å². The second-order valence-electron chi connectivity index (χ2n) is 3.28. The Bertz CT molecular complexity index is 271. The third kappa shape index (κ3) is 3.06. The highest BCUT2D eigenvalue weighted by Gasteiger charge is 2.32. The van der Waals surface area contributed by atoms with E-state index in [1.165, 1.54) is 4.90 Å². The number of amidine groups is 1. The van der Waals surface area contributed by atoms with Crippen LogP contribution in [0.3, 0.4) is 0 Å². The first kappa shape index (κ1) is 12.2. The number of nitrogens with zero attached hydrogens (tertiary/aromatic N) is 2. The first-order valence-electron chi connectivity index (χ1n) is 4.35. The number of rotatable bonds is 4. The van der Waals surface area contributed by atoms with Gasteiger partial charge < -0.3 is 10.6 Å². The molecule has 1 atom stereocenters. The van der Waals surface area contributed by atoms with Crippen LogP contribution in [0.2, 0.25) is 0 Å². The SMILES string of the molecule is CC(C)N1C(=O)N=C(N)CC1SOOO. The molecule has 0 spiro atoms. The summed E-state index contributed by atoms with van der Waals surface area (Å²) in [5.41, 5.74) is 5.48. The highest BCUT2D eigenvalue weighted by Crippen LogP contribution is 2.26. The van der Waals surface area contributed by atoms with Crippen LogP contribution >= 0.6 is 12.0 Å². The maximum Gasteiger partial charge on any atom is 0.346 e. The largest absolute Gasteiger partial charge is 0.387 e. The summed E-state index contributed by atoms with van der Waals surface area (Å²) in [6.45, 7) is 3.70. The van der Waals surface area contributed by atoms with Crippen LogP contribution in [-0.2, 0) is 9.37 Å². The minimum absolute atomic E-state index is 0.0332. The molecule has 1 rings (SSSR count). The highest BCUT2D eigenvalue weighted by atomic mass is 32.2. The number of urea groups is 1. The molecule has 7 nitrogen and oxygen atoms in total. The minimum Gasteiger partial charge on any atom is -0.387 e. The van der Waals surface area contributed by atoms with Gasteiger partial charge in [-0.25, -0.2) is 10.1 Å². The van der Waals surface area contributed by atoms with Crippen molar-refractivity contribution in [2.75, 3.05) is 0 Å². The van der Waals surface area contributed by atoms with Crippen molar-refractivity contribution in [2.45, 2.75) is 31.7 Å². The van der Waals surface area contributed by atoms with Gasteiger partial charge in [0.1, 0.15) is 11.2 Å². The average Bonchev–Trinajstić information content (AvgIpc) is 2.12. The van der Waals surface area contributed by atoms with E-state index < -0.39 is 6.03 Å². The van der Waals surface area contributed by atoms with Crippen molar-refractivity contribution in [3.8, 4) is 0 Å². The van der Waals surface area contributed by atoms with E-state index in [1.807, 2.05) is 13.8 Å². The molecule has 0 bridgehead atoms. The zero-order valence-corrected chi connectivity index (χ0v) is 9.23. The predicted molar refractivity (Wildman–Crippen MR) is 54.8 cm³/mol. The van der Waals surface area contributed by atoms with Crippen LogP contribution in [0.4, 0.5) is 4.79 Å². The second-order valence-corrected chi connectivity index (χ2v) is 4.16. The highest BCUT2D eigenvalue weighted by molar-refractivity contribution is 7.95. The van der Waals surface area contributed by atoms with Crippen LogP contribution in [0.15, 0.2) is 4.99 Å². The average molecular weight is 235 g/mol. The standard InChI is InChI=1S/C7H13N3O4S/c1-4(2)10-6(15-14-13-12)3-5(8)9-7(10)11/h4,6,12H,3H2,1-2H3,(H2,8,9,11). The topological polar surface area (TPSA) is 97.4 Å². The van der Waals surface area contributed by atoms with Crippen molar-refractivity contribution in [1.29, 1.82) is 0 Å². The summed E-state index contributed by atoms with van der Waals surface area (Å²) in [6, 6.07) is -0.443. The van der Waals surface area contributed by atoms with E-state index in [2.05, 4.69) is 14.4 Å². The first-order valence-corrected chi connectivity index (χ1v) is 5.15. The van der Waals surface area contributed by atoms with Crippen LogP contribution in [0.1, 0.15) is 20.3 Å². The van der Waals surface area contributed by atoms with Gasteiger partial charge in [0.2, 0.25) is 0 Å². The lowest BCUT2D eigenvalue weighted by Gasteiger charge is -2.34. The molecule has 0 radical (unpaired) electrons. The molecule has 0 saturated heterocycles. The molecule has 86 valence electrons. The molecule has 2 amide bonds. The van der Waals surface area contributed by atoms with Crippen molar-refractivity contribution in [3.63, 3.8) is 0 Å². The quantitative estimate of drug-likeness (QED) is 0.428. The van der Waals surface area contributed by atoms with Gasteiger partial charge in [0.15, 0.2) is 0 Å². The van der Waals surface area contributed by atoms with Crippen LogP contribution in [0.5, 0.6) is 0 Å². The van der Waals surface area contributed by atoms with E-state index >= 15 is 0 Å². The molecule has 1 heterocycles. The van der Waals surface area contributed by atoms with Gasteiger partial charge in [0.25, 0.3) is 0 Å². The maximum absolute atomic E-state index is 11.5. The molecule has 8 heteroatoms. The fourth-order valence-corrected chi connectivity index (χ4v) is 2.11. The van der Waals surface area contributed by atoms with Crippen LogP contribution < -0.4 is 5.73 Å². The van der Waals surface area contributed by atoms with Gasteiger partial charge in [-0.3, -0.25) is 0 Å².